The summed E-state index contributed by atoms with van der Waals surface area (Å²) < 4.78 is 0.792. The first-order chi connectivity index (χ1) is 8.52. The number of hydrogen-bond donors (Lipinski definition) is 0. The first-order valence-electron chi connectivity index (χ1n) is 5.82. The molecule has 2 rings (SSSR count). The Labute approximate surface area is 121 Å². The zero-order valence-electron chi connectivity index (χ0n) is 10.6. The molecule has 0 aliphatic carbocycles. The van der Waals surface area contributed by atoms with Gasteiger partial charge in [-0.25, -0.2) is 9.97 Å². The van der Waals surface area contributed by atoms with Gasteiger partial charge in [0.25, 0.3) is 0 Å². The minimum atomic E-state index is 0.470. The number of rotatable bonds is 2. The molecule has 0 spiro atoms. The van der Waals surface area contributed by atoms with E-state index in [9.17, 15) is 0 Å². The molecule has 0 aliphatic heterocycles. The van der Waals surface area contributed by atoms with Gasteiger partial charge in [-0.15, -0.1) is 0 Å². The predicted octanol–water partition coefficient (Wildman–Crippen LogP) is 4.74. The van der Waals surface area contributed by atoms with Crippen molar-refractivity contribution < 1.29 is 0 Å². The van der Waals surface area contributed by atoms with Crippen LogP contribution in [-0.2, 0) is 6.42 Å². The predicted molar refractivity (Wildman–Crippen MR) is 79.0 cm³/mol. The lowest BCUT2D eigenvalue weighted by Crippen LogP contribution is -1.99. The summed E-state index contributed by atoms with van der Waals surface area (Å²) in [6.45, 7) is 6.17. The molecule has 0 radical (unpaired) electrons. The van der Waals surface area contributed by atoms with Crippen LogP contribution in [0.4, 0.5) is 0 Å². The fraction of sp³-hybridized carbons (Fsp3) is 0.286. The highest BCUT2D eigenvalue weighted by atomic mass is 79.9. The van der Waals surface area contributed by atoms with Gasteiger partial charge in [-0.05, 0) is 47.8 Å². The van der Waals surface area contributed by atoms with Gasteiger partial charge in [-0.2, -0.15) is 0 Å². The lowest BCUT2D eigenvalue weighted by Gasteiger charge is -2.09. The highest BCUT2D eigenvalue weighted by Crippen LogP contribution is 2.29. The normalized spacial score (nSPS) is 10.7. The van der Waals surface area contributed by atoms with E-state index in [-0.39, 0.29) is 0 Å². The molecule has 2 aromatic rings. The average Bonchev–Trinajstić information content (AvgIpc) is 2.35. The Bertz CT molecular complexity index is 597. The zero-order valence-corrected chi connectivity index (χ0v) is 12.9. The molecule has 94 valence electrons. The van der Waals surface area contributed by atoms with Crippen LogP contribution in [0.2, 0.25) is 5.15 Å². The van der Waals surface area contributed by atoms with Gasteiger partial charge in [0.05, 0.1) is 10.2 Å². The molecule has 18 heavy (non-hydrogen) atoms. The quantitative estimate of drug-likeness (QED) is 0.745. The molecule has 2 nitrogen and oxygen atoms in total. The van der Waals surface area contributed by atoms with Gasteiger partial charge < -0.3 is 0 Å². The Kier molecular flexibility index (Phi) is 4.03. The Hall–Kier alpha value is -0.930. The summed E-state index contributed by atoms with van der Waals surface area (Å²) in [5.41, 5.74) is 4.32. The van der Waals surface area contributed by atoms with E-state index in [0.717, 1.165) is 27.7 Å². The lowest BCUT2D eigenvalue weighted by molar-refractivity contribution is 0.989. The van der Waals surface area contributed by atoms with Gasteiger partial charge >= 0.3 is 0 Å². The van der Waals surface area contributed by atoms with Gasteiger partial charge in [0, 0.05) is 5.56 Å². The number of aryl methyl sites for hydroxylation is 3. The molecule has 4 heteroatoms. The average molecular weight is 326 g/mol. The van der Waals surface area contributed by atoms with Gasteiger partial charge in [-0.3, -0.25) is 0 Å². The maximum absolute atomic E-state index is 6.14. The van der Waals surface area contributed by atoms with Crippen LogP contribution in [0, 0.1) is 13.8 Å². The maximum Gasteiger partial charge on any atom is 0.161 e. The highest BCUT2D eigenvalue weighted by molar-refractivity contribution is 9.10. The van der Waals surface area contributed by atoms with Crippen molar-refractivity contribution in [3.63, 3.8) is 0 Å². The molecule has 1 aromatic carbocycles. The van der Waals surface area contributed by atoms with Crippen LogP contribution < -0.4 is 0 Å². The van der Waals surface area contributed by atoms with Crippen LogP contribution in [0.25, 0.3) is 11.4 Å². The summed E-state index contributed by atoms with van der Waals surface area (Å²) in [4.78, 5) is 8.94. The molecular formula is C14H14BrClN2. The standard InChI is InChI=1S/C14H14BrClN2/c1-4-11-12(15)13(16)18-14(17-11)10-7-8(2)5-6-9(10)3/h5-7H,4H2,1-3H3. The van der Waals surface area contributed by atoms with Gasteiger partial charge in [0.1, 0.15) is 5.15 Å². The van der Waals surface area contributed by atoms with Crippen LogP contribution in [0.3, 0.4) is 0 Å². The molecule has 0 fully saturated rings. The molecule has 0 atom stereocenters. The summed E-state index contributed by atoms with van der Waals surface area (Å²) in [5, 5.41) is 0.470. The summed E-state index contributed by atoms with van der Waals surface area (Å²) in [6, 6.07) is 6.25. The number of aromatic nitrogens is 2. The molecule has 1 heterocycles. The van der Waals surface area contributed by atoms with Crippen molar-refractivity contribution in [3.05, 3.63) is 44.6 Å². The second-order valence-corrected chi connectivity index (χ2v) is 5.42. The second kappa shape index (κ2) is 5.37. The fourth-order valence-corrected chi connectivity index (χ4v) is 2.44. The third-order valence-corrected chi connectivity index (χ3v) is 4.18. The molecular weight excluding hydrogens is 312 g/mol. The van der Waals surface area contributed by atoms with Gasteiger partial charge in [-0.1, -0.05) is 36.2 Å². The van der Waals surface area contributed by atoms with Gasteiger partial charge in [0.15, 0.2) is 5.82 Å². The topological polar surface area (TPSA) is 25.8 Å². The number of benzene rings is 1. The summed E-state index contributed by atoms with van der Waals surface area (Å²) in [5.74, 6) is 0.696. The Balaban J connectivity index is 2.64. The van der Waals surface area contributed by atoms with E-state index in [1.54, 1.807) is 0 Å². The first kappa shape index (κ1) is 13.5. The fourth-order valence-electron chi connectivity index (χ4n) is 1.79. The number of nitrogens with zero attached hydrogens (tertiary/aromatic N) is 2. The molecule has 0 bridgehead atoms. The van der Waals surface area contributed by atoms with Crippen molar-refractivity contribution >= 4 is 27.5 Å². The first-order valence-corrected chi connectivity index (χ1v) is 6.99. The molecule has 0 saturated heterocycles. The second-order valence-electron chi connectivity index (χ2n) is 4.27. The minimum Gasteiger partial charge on any atom is -0.232 e. The minimum absolute atomic E-state index is 0.470. The van der Waals surface area contributed by atoms with Crippen LogP contribution in [-0.4, -0.2) is 9.97 Å². The van der Waals surface area contributed by atoms with Crippen molar-refractivity contribution in [2.45, 2.75) is 27.2 Å². The molecule has 0 aliphatic rings. The third kappa shape index (κ3) is 2.57. The molecule has 0 unspecified atom stereocenters. The smallest absolute Gasteiger partial charge is 0.161 e. The van der Waals surface area contributed by atoms with Crippen LogP contribution >= 0.6 is 27.5 Å². The monoisotopic (exact) mass is 324 g/mol. The Morgan fingerprint density at radius 3 is 2.61 bits per heavy atom. The molecule has 1 aromatic heterocycles. The van der Waals surface area contributed by atoms with E-state index < -0.39 is 0 Å². The lowest BCUT2D eigenvalue weighted by atomic mass is 10.1. The highest BCUT2D eigenvalue weighted by Gasteiger charge is 2.12. The zero-order chi connectivity index (χ0) is 13.3. The summed E-state index contributed by atoms with van der Waals surface area (Å²) in [6.07, 6.45) is 0.820. The summed E-state index contributed by atoms with van der Waals surface area (Å²) >= 11 is 9.56. The third-order valence-electron chi connectivity index (χ3n) is 2.85. The van der Waals surface area contributed by atoms with E-state index in [1.165, 1.54) is 5.56 Å². The Morgan fingerprint density at radius 2 is 1.94 bits per heavy atom. The van der Waals surface area contributed by atoms with Crippen molar-refractivity contribution in [2.75, 3.05) is 0 Å². The van der Waals surface area contributed by atoms with Crippen molar-refractivity contribution in [3.8, 4) is 11.4 Å². The van der Waals surface area contributed by atoms with E-state index >= 15 is 0 Å². The van der Waals surface area contributed by atoms with E-state index in [2.05, 4.69) is 64.9 Å². The molecule has 0 N–H and O–H groups in total. The van der Waals surface area contributed by atoms with Crippen molar-refractivity contribution in [1.82, 2.24) is 9.97 Å². The van der Waals surface area contributed by atoms with Crippen LogP contribution in [0.5, 0.6) is 0 Å². The number of hydrogen-bond acceptors (Lipinski definition) is 2. The summed E-state index contributed by atoms with van der Waals surface area (Å²) in [7, 11) is 0. The molecule has 0 amide bonds. The maximum atomic E-state index is 6.14. The SMILES string of the molecule is CCc1nc(-c2cc(C)ccc2C)nc(Cl)c1Br. The van der Waals surface area contributed by atoms with Crippen molar-refractivity contribution in [2.24, 2.45) is 0 Å². The van der Waals surface area contributed by atoms with Crippen molar-refractivity contribution in [1.29, 1.82) is 0 Å². The number of halogens is 2. The van der Waals surface area contributed by atoms with E-state index in [4.69, 9.17) is 11.6 Å². The van der Waals surface area contributed by atoms with E-state index in [0.29, 0.717) is 11.0 Å². The molecule has 0 saturated carbocycles. The van der Waals surface area contributed by atoms with Gasteiger partial charge in [0.2, 0.25) is 0 Å². The van der Waals surface area contributed by atoms with Crippen LogP contribution in [0.15, 0.2) is 22.7 Å². The largest absolute Gasteiger partial charge is 0.232 e. The van der Waals surface area contributed by atoms with E-state index in [1.807, 2.05) is 0 Å². The Morgan fingerprint density at radius 1 is 1.22 bits per heavy atom. The van der Waals surface area contributed by atoms with Crippen LogP contribution in [0.1, 0.15) is 23.7 Å².